The van der Waals surface area contributed by atoms with E-state index in [9.17, 15) is 39.5 Å². The van der Waals surface area contributed by atoms with Crippen molar-refractivity contribution in [1.29, 1.82) is 0 Å². The van der Waals surface area contributed by atoms with Gasteiger partial charge in [0.15, 0.2) is 22.1 Å². The van der Waals surface area contributed by atoms with Gasteiger partial charge in [-0.1, -0.05) is 147 Å². The first-order chi connectivity index (χ1) is 61.0. The number of benzene rings is 8. The number of pyridine rings is 4. The standard InChI is InChI=1S/C27H24F2N3O.C26H22F4N3O.C26H25FN3O.C24H20F2N3O/c1-15-7-9-19-24-20(28)13-22(29)31-27(24)33-26(19)23(15)25-18-10-8-17(11-16-5-3-4-6-16)12-21(18)30-14-32(25)2;1-14-5-7-16-17-9-10-20(27)32-24(17)34-23(16)21(14)22-18-8-6-15(11-19(18)31-13-33(22)4)12-25(2,3)26(28,29)30;1-15-6-8-17-18-10-11-21(27)29-25(18)31-24(17)22(15)23-19-9-7-16(13-26(2,3)4)12-20(19)28-14-30(23)5;1-12(2)14-6-8-15-18(9-14)27-11-29(4)22(15)20-13(3)5-7-16-21-17(25)10-19(26)28-24(21)30-23(16)20/h7-10,12-14,16H,3-6,11H2,1-2H3;5-11,13H,12H2,1-4H3;6-12,14H,13H2,1-5H3;5-12H,1-4H3/q4*+1. The first-order valence-electron chi connectivity index (χ1n) is 42.5. The highest BCUT2D eigenvalue weighted by atomic mass is 19.4. The molecular formula is C103H91F9N12O4+4. The summed E-state index contributed by atoms with van der Waals surface area (Å²) in [4.78, 5) is 33.8. The smallest absolute Gasteiger partial charge is 0.394 e. The summed E-state index contributed by atoms with van der Waals surface area (Å²) in [5.41, 5.74) is 19.7. The van der Waals surface area contributed by atoms with Crippen molar-refractivity contribution < 1.29 is 75.5 Å². The Bertz CT molecular complexity index is 7940. The first kappa shape index (κ1) is 85.1. The largest absolute Gasteiger partial charge is 0.437 e. The van der Waals surface area contributed by atoms with Crippen molar-refractivity contribution in [2.45, 2.75) is 133 Å². The SMILES string of the molecule is Cc1ccc2c(oc3nc(F)cc(F)c32)c1-c1c2ccc(C(C)C)cc2nc[n+]1C.Cc1ccc2c(oc3nc(F)cc(F)c32)c1-c1c2ccc(CC3CCCC3)cc2nc[n+]1C.Cc1ccc2c(oc3nc(F)ccc32)c1-c1c2ccc(CC(C)(C)C(F)(F)F)cc2nc[n+]1C.Cc1ccc2c(oc3nc(F)ccc32)c1-c1c2ccc(CC(C)(C)C)cc2nc[n+]1C. The molecule has 25 heteroatoms. The van der Waals surface area contributed by atoms with Gasteiger partial charge in [0, 0.05) is 44.5 Å². The highest BCUT2D eigenvalue weighted by molar-refractivity contribution is 6.15. The Labute approximate surface area is 729 Å². The van der Waals surface area contributed by atoms with Gasteiger partial charge in [0.05, 0.1) is 88.2 Å². The highest BCUT2D eigenvalue weighted by Crippen LogP contribution is 2.47. The van der Waals surface area contributed by atoms with Crippen LogP contribution in [0.2, 0.25) is 0 Å². The lowest BCUT2D eigenvalue weighted by Crippen LogP contribution is -2.34. The molecule has 0 atom stereocenters. The maximum Gasteiger partial charge on any atom is 0.394 e. The predicted octanol–water partition coefficient (Wildman–Crippen LogP) is 24.7. The highest BCUT2D eigenvalue weighted by Gasteiger charge is 2.47. The summed E-state index contributed by atoms with van der Waals surface area (Å²) in [5.74, 6) is -3.18. The molecule has 1 aliphatic rings. The summed E-state index contributed by atoms with van der Waals surface area (Å²) in [5, 5.41) is 8.56. The zero-order chi connectivity index (χ0) is 90.2. The average Bonchev–Trinajstić information content (AvgIpc) is 1.56. The number of halogens is 9. The van der Waals surface area contributed by atoms with Crippen LogP contribution in [-0.2, 0) is 47.5 Å². The van der Waals surface area contributed by atoms with Gasteiger partial charge in [-0.3, -0.25) is 0 Å². The van der Waals surface area contributed by atoms with Crippen LogP contribution < -0.4 is 18.3 Å². The number of aryl methyl sites for hydroxylation is 8. The fourth-order valence-corrected chi connectivity index (χ4v) is 18.3. The van der Waals surface area contributed by atoms with Crippen LogP contribution >= 0.6 is 0 Å². The molecule has 646 valence electrons. The van der Waals surface area contributed by atoms with Gasteiger partial charge in [-0.25, -0.2) is 27.0 Å². The normalized spacial score (nSPS) is 13.0. The fraction of sp³-hybridized carbons (Fsp3) is 0.262. The topological polar surface area (TPSA) is 171 Å². The zero-order valence-corrected chi connectivity index (χ0v) is 73.3. The number of nitrogens with zero attached hydrogens (tertiary/aromatic N) is 12. The van der Waals surface area contributed by atoms with Crippen LogP contribution in [0.15, 0.2) is 201 Å². The molecule has 21 rings (SSSR count). The Kier molecular flexibility index (Phi) is 21.7. The van der Waals surface area contributed by atoms with Crippen molar-refractivity contribution >= 4 is 132 Å². The van der Waals surface area contributed by atoms with Crippen LogP contribution in [0.25, 0.3) is 177 Å². The lowest BCUT2D eigenvalue weighted by molar-refractivity contribution is -0.662. The summed E-state index contributed by atoms with van der Waals surface area (Å²) in [6.45, 7) is 21.4. The van der Waals surface area contributed by atoms with Crippen LogP contribution in [0.5, 0.6) is 0 Å². The lowest BCUT2D eigenvalue weighted by atomic mass is 9.84. The van der Waals surface area contributed by atoms with Crippen LogP contribution in [0.1, 0.15) is 125 Å². The molecule has 16 nitrogen and oxygen atoms in total. The van der Waals surface area contributed by atoms with Crippen LogP contribution in [-0.4, -0.2) is 46.0 Å². The van der Waals surface area contributed by atoms with Crippen molar-refractivity contribution in [2.24, 2.45) is 44.9 Å². The van der Waals surface area contributed by atoms with E-state index in [1.54, 1.807) is 55.4 Å². The molecule has 20 aromatic rings. The van der Waals surface area contributed by atoms with Gasteiger partial charge in [0.25, 0.3) is 25.3 Å². The Hall–Kier alpha value is -13.7. The molecule has 1 saturated carbocycles. The first-order valence-corrected chi connectivity index (χ1v) is 42.5. The number of hydrogen-bond acceptors (Lipinski definition) is 12. The van der Waals surface area contributed by atoms with Gasteiger partial charge in [-0.15, -0.1) is 0 Å². The number of rotatable bonds is 10. The summed E-state index contributed by atoms with van der Waals surface area (Å²) in [6, 6.07) is 47.5. The summed E-state index contributed by atoms with van der Waals surface area (Å²) in [7, 11) is 7.69. The van der Waals surface area contributed by atoms with Crippen molar-refractivity contribution in [3.63, 3.8) is 0 Å². The molecule has 1 aliphatic carbocycles. The van der Waals surface area contributed by atoms with Crippen molar-refractivity contribution in [2.75, 3.05) is 0 Å². The third kappa shape index (κ3) is 15.6. The number of furan rings is 4. The number of hydrogen-bond donors (Lipinski definition) is 0. The Morgan fingerprint density at radius 3 is 1.06 bits per heavy atom. The van der Waals surface area contributed by atoms with Gasteiger partial charge in [-0.05, 0) is 201 Å². The van der Waals surface area contributed by atoms with E-state index in [2.05, 4.69) is 132 Å². The van der Waals surface area contributed by atoms with E-state index >= 15 is 0 Å². The van der Waals surface area contributed by atoms with Gasteiger partial charge in [0.1, 0.15) is 56.7 Å². The second kappa shape index (κ2) is 32.6. The van der Waals surface area contributed by atoms with Crippen LogP contribution in [0, 0.1) is 79.9 Å². The van der Waals surface area contributed by atoms with E-state index in [1.807, 2.05) is 110 Å². The number of alkyl halides is 3. The quantitative estimate of drug-likeness (QED) is 0.0722. The monoisotopic (exact) mass is 1730 g/mol. The molecule has 0 saturated heterocycles. The summed E-state index contributed by atoms with van der Waals surface area (Å²) < 4.78 is 156. The molecule has 0 bridgehead atoms. The van der Waals surface area contributed by atoms with Crippen molar-refractivity contribution in [3.05, 3.63) is 263 Å². The third-order valence-electron chi connectivity index (χ3n) is 24.7. The summed E-state index contributed by atoms with van der Waals surface area (Å²) >= 11 is 0. The van der Waals surface area contributed by atoms with E-state index < -0.39 is 47.0 Å². The summed E-state index contributed by atoms with van der Waals surface area (Å²) in [6.07, 6.45) is 9.92. The molecule has 0 spiro atoms. The Morgan fingerprint density at radius 2 is 0.680 bits per heavy atom. The average molecular weight is 1730 g/mol. The van der Waals surface area contributed by atoms with Gasteiger partial charge in [0.2, 0.25) is 46.6 Å². The van der Waals surface area contributed by atoms with Gasteiger partial charge < -0.3 is 17.7 Å². The van der Waals surface area contributed by atoms with E-state index in [0.717, 1.165) is 158 Å². The predicted molar refractivity (Wildman–Crippen MR) is 479 cm³/mol. The molecule has 0 amide bonds. The molecule has 12 heterocycles. The number of fused-ring (bicyclic) bond motifs is 16. The Balaban J connectivity index is 0.000000115. The van der Waals surface area contributed by atoms with Crippen LogP contribution in [0.3, 0.4) is 0 Å². The lowest BCUT2D eigenvalue weighted by Gasteiger charge is -2.27. The van der Waals surface area contributed by atoms with E-state index in [-0.39, 0.29) is 39.7 Å². The molecule has 0 aliphatic heterocycles. The van der Waals surface area contributed by atoms with Crippen molar-refractivity contribution in [1.82, 2.24) is 39.9 Å². The molecular weight excluding hydrogens is 1640 g/mol. The van der Waals surface area contributed by atoms with E-state index in [1.165, 1.54) is 68.4 Å². The maximum atomic E-state index is 14.6. The van der Waals surface area contributed by atoms with Gasteiger partial charge >= 0.3 is 6.18 Å². The molecule has 1 fully saturated rings. The Morgan fingerprint density at radius 1 is 0.359 bits per heavy atom. The molecule has 8 aromatic carbocycles. The third-order valence-corrected chi connectivity index (χ3v) is 24.7. The van der Waals surface area contributed by atoms with Gasteiger partial charge in [-0.2, -0.15) is 50.7 Å². The second-order valence-corrected chi connectivity index (χ2v) is 36.1. The molecule has 12 aromatic heterocycles. The van der Waals surface area contributed by atoms with E-state index in [4.69, 9.17) is 27.6 Å². The van der Waals surface area contributed by atoms with Crippen molar-refractivity contribution in [3.8, 4) is 45.0 Å². The molecule has 128 heavy (non-hydrogen) atoms. The van der Waals surface area contributed by atoms with E-state index in [0.29, 0.717) is 55.6 Å². The zero-order valence-electron chi connectivity index (χ0n) is 73.3. The fourth-order valence-electron chi connectivity index (χ4n) is 18.3. The number of aromatic nitrogens is 12. The second-order valence-electron chi connectivity index (χ2n) is 36.1. The van der Waals surface area contributed by atoms with Crippen LogP contribution in [0.4, 0.5) is 39.5 Å². The minimum Gasteiger partial charge on any atom is -0.437 e. The minimum absolute atomic E-state index is 0.0331. The minimum atomic E-state index is -4.31. The molecule has 0 N–H and O–H groups in total. The molecule has 0 radical (unpaired) electrons. The maximum absolute atomic E-state index is 14.6. The molecule has 0 unspecified atom stereocenters.